The molecule has 0 radical (unpaired) electrons. The lowest BCUT2D eigenvalue weighted by Gasteiger charge is -2.20. The summed E-state index contributed by atoms with van der Waals surface area (Å²) < 4.78 is 0. The Bertz CT molecular complexity index is 325. The van der Waals surface area contributed by atoms with E-state index in [9.17, 15) is 0 Å². The molecule has 0 amide bonds. The zero-order valence-electron chi connectivity index (χ0n) is 11.5. The van der Waals surface area contributed by atoms with Gasteiger partial charge in [0.1, 0.15) is 5.82 Å². The summed E-state index contributed by atoms with van der Waals surface area (Å²) in [6, 6.07) is 4.19. The van der Waals surface area contributed by atoms with Gasteiger partial charge in [-0.25, -0.2) is 4.98 Å². The maximum atomic E-state index is 5.72. The third kappa shape index (κ3) is 4.35. The zero-order valence-corrected chi connectivity index (χ0v) is 11.5. The van der Waals surface area contributed by atoms with Crippen LogP contribution in [0.5, 0.6) is 0 Å². The molecule has 0 aromatic carbocycles. The van der Waals surface area contributed by atoms with E-state index < -0.39 is 0 Å². The molecule has 3 nitrogen and oxygen atoms in total. The highest BCUT2D eigenvalue weighted by Gasteiger charge is 2.06. The summed E-state index contributed by atoms with van der Waals surface area (Å²) in [7, 11) is 2.10. The number of pyridine rings is 1. The first-order valence-corrected chi connectivity index (χ1v) is 6.47. The van der Waals surface area contributed by atoms with Crippen LogP contribution in [0.3, 0.4) is 0 Å². The van der Waals surface area contributed by atoms with Crippen molar-refractivity contribution in [3.63, 3.8) is 0 Å². The van der Waals surface area contributed by atoms with E-state index in [0.717, 1.165) is 30.4 Å². The number of hydrogen-bond donors (Lipinski definition) is 1. The van der Waals surface area contributed by atoms with E-state index in [4.69, 9.17) is 5.73 Å². The first kappa shape index (κ1) is 14.0. The number of nitrogens with two attached hydrogens (primary N) is 1. The molecule has 0 unspecified atom stereocenters. The van der Waals surface area contributed by atoms with Crippen molar-refractivity contribution in [1.82, 2.24) is 4.98 Å². The van der Waals surface area contributed by atoms with Gasteiger partial charge in [0.15, 0.2) is 0 Å². The third-order valence-corrected chi connectivity index (χ3v) is 2.96. The van der Waals surface area contributed by atoms with Gasteiger partial charge >= 0.3 is 0 Å². The second-order valence-electron chi connectivity index (χ2n) is 4.99. The smallest absolute Gasteiger partial charge is 0.128 e. The highest BCUT2D eigenvalue weighted by Crippen LogP contribution is 2.15. The average Bonchev–Trinajstić information content (AvgIpc) is 2.34. The summed E-state index contributed by atoms with van der Waals surface area (Å²) in [5.74, 6) is 1.77. The van der Waals surface area contributed by atoms with Crippen molar-refractivity contribution < 1.29 is 0 Å². The third-order valence-electron chi connectivity index (χ3n) is 2.96. The van der Waals surface area contributed by atoms with E-state index in [1.165, 1.54) is 12.0 Å². The first-order chi connectivity index (χ1) is 8.06. The molecule has 0 aliphatic heterocycles. The number of nitrogens with zero attached hydrogens (tertiary/aromatic N) is 2. The molecule has 2 N–H and O–H groups in total. The lowest BCUT2D eigenvalue weighted by atomic mass is 10.1. The molecule has 0 bridgehead atoms. The Labute approximate surface area is 105 Å². The summed E-state index contributed by atoms with van der Waals surface area (Å²) in [5, 5.41) is 0. The van der Waals surface area contributed by atoms with E-state index in [1.54, 1.807) is 0 Å². The van der Waals surface area contributed by atoms with Crippen LogP contribution in [0.2, 0.25) is 0 Å². The van der Waals surface area contributed by atoms with Crippen LogP contribution in [0.25, 0.3) is 0 Å². The van der Waals surface area contributed by atoms with Crippen molar-refractivity contribution in [3.8, 4) is 0 Å². The predicted molar refractivity (Wildman–Crippen MR) is 74.2 cm³/mol. The van der Waals surface area contributed by atoms with Crippen LogP contribution in [0.15, 0.2) is 12.1 Å². The number of aromatic nitrogens is 1. The standard InChI is InChI=1S/C14H25N3/c1-5-13-8-12(10-15)9-14(16-13)17(4)7-6-11(2)3/h8-9,11H,5-7,10,15H2,1-4H3. The van der Waals surface area contributed by atoms with Crippen LogP contribution >= 0.6 is 0 Å². The summed E-state index contributed by atoms with van der Waals surface area (Å²) in [6.07, 6.45) is 2.14. The van der Waals surface area contributed by atoms with Gasteiger partial charge in [0, 0.05) is 25.8 Å². The second-order valence-corrected chi connectivity index (χ2v) is 4.99. The van der Waals surface area contributed by atoms with Crippen LogP contribution in [0.4, 0.5) is 5.82 Å². The van der Waals surface area contributed by atoms with Gasteiger partial charge in [0.05, 0.1) is 0 Å². The molecule has 1 aromatic heterocycles. The summed E-state index contributed by atoms with van der Waals surface area (Å²) in [6.45, 7) is 8.24. The van der Waals surface area contributed by atoms with Gasteiger partial charge in [-0.2, -0.15) is 0 Å². The van der Waals surface area contributed by atoms with Crippen LogP contribution in [0.1, 0.15) is 38.4 Å². The molecular weight excluding hydrogens is 210 g/mol. The van der Waals surface area contributed by atoms with Crippen LogP contribution in [-0.2, 0) is 13.0 Å². The zero-order chi connectivity index (χ0) is 12.8. The van der Waals surface area contributed by atoms with E-state index in [-0.39, 0.29) is 0 Å². The molecule has 0 saturated heterocycles. The quantitative estimate of drug-likeness (QED) is 0.824. The summed E-state index contributed by atoms with van der Waals surface area (Å²) >= 11 is 0. The average molecular weight is 235 g/mol. The SMILES string of the molecule is CCc1cc(CN)cc(N(C)CCC(C)C)n1. The van der Waals surface area contributed by atoms with Crippen LogP contribution in [-0.4, -0.2) is 18.6 Å². The minimum atomic E-state index is 0.584. The molecular formula is C14H25N3. The Hall–Kier alpha value is -1.09. The molecule has 0 aliphatic carbocycles. The first-order valence-electron chi connectivity index (χ1n) is 6.47. The number of hydrogen-bond acceptors (Lipinski definition) is 3. The number of anilines is 1. The summed E-state index contributed by atoms with van der Waals surface area (Å²) in [4.78, 5) is 6.87. The summed E-state index contributed by atoms with van der Waals surface area (Å²) in [5.41, 5.74) is 8.01. The van der Waals surface area contributed by atoms with Gasteiger partial charge in [-0.3, -0.25) is 0 Å². The molecule has 1 rings (SSSR count). The maximum Gasteiger partial charge on any atom is 0.128 e. The fourth-order valence-corrected chi connectivity index (χ4v) is 1.69. The largest absolute Gasteiger partial charge is 0.360 e. The van der Waals surface area contributed by atoms with Crippen molar-refractivity contribution in [3.05, 3.63) is 23.4 Å². The van der Waals surface area contributed by atoms with Crippen LogP contribution in [0, 0.1) is 5.92 Å². The fraction of sp³-hybridized carbons (Fsp3) is 0.643. The van der Waals surface area contributed by atoms with Crippen molar-refractivity contribution in [2.45, 2.75) is 40.2 Å². The highest BCUT2D eigenvalue weighted by atomic mass is 15.2. The topological polar surface area (TPSA) is 42.1 Å². The Morgan fingerprint density at radius 2 is 2.06 bits per heavy atom. The van der Waals surface area contributed by atoms with Crippen molar-refractivity contribution in [1.29, 1.82) is 0 Å². The molecule has 17 heavy (non-hydrogen) atoms. The highest BCUT2D eigenvalue weighted by molar-refractivity contribution is 5.42. The molecule has 3 heteroatoms. The number of aryl methyl sites for hydroxylation is 1. The molecule has 1 aromatic rings. The molecule has 0 saturated carbocycles. The minimum absolute atomic E-state index is 0.584. The van der Waals surface area contributed by atoms with E-state index in [2.05, 4.69) is 49.8 Å². The lowest BCUT2D eigenvalue weighted by molar-refractivity contribution is 0.583. The normalized spacial score (nSPS) is 10.9. The van der Waals surface area contributed by atoms with Gasteiger partial charge in [0.25, 0.3) is 0 Å². The van der Waals surface area contributed by atoms with Gasteiger partial charge in [-0.15, -0.1) is 0 Å². The Balaban J connectivity index is 2.80. The minimum Gasteiger partial charge on any atom is -0.360 e. The molecule has 1 heterocycles. The van der Waals surface area contributed by atoms with Gasteiger partial charge < -0.3 is 10.6 Å². The molecule has 96 valence electrons. The van der Waals surface area contributed by atoms with E-state index in [0.29, 0.717) is 6.54 Å². The number of rotatable bonds is 6. The molecule has 0 spiro atoms. The predicted octanol–water partition coefficient (Wildman–Crippen LogP) is 2.59. The monoisotopic (exact) mass is 235 g/mol. The molecule has 0 atom stereocenters. The lowest BCUT2D eigenvalue weighted by Crippen LogP contribution is -2.21. The van der Waals surface area contributed by atoms with Crippen molar-refractivity contribution in [2.75, 3.05) is 18.5 Å². The van der Waals surface area contributed by atoms with Crippen molar-refractivity contribution in [2.24, 2.45) is 11.7 Å². The van der Waals surface area contributed by atoms with Crippen molar-refractivity contribution >= 4 is 5.82 Å². The Morgan fingerprint density at radius 3 is 2.59 bits per heavy atom. The van der Waals surface area contributed by atoms with E-state index in [1.807, 2.05) is 0 Å². The Kier molecular flexibility index (Phi) is 5.42. The van der Waals surface area contributed by atoms with Gasteiger partial charge in [-0.1, -0.05) is 20.8 Å². The molecule has 0 fully saturated rings. The van der Waals surface area contributed by atoms with Crippen LogP contribution < -0.4 is 10.6 Å². The van der Waals surface area contributed by atoms with E-state index >= 15 is 0 Å². The molecule has 0 aliphatic rings. The maximum absolute atomic E-state index is 5.72. The Morgan fingerprint density at radius 1 is 1.35 bits per heavy atom. The fourth-order valence-electron chi connectivity index (χ4n) is 1.69. The van der Waals surface area contributed by atoms with Gasteiger partial charge in [-0.05, 0) is 36.5 Å². The van der Waals surface area contributed by atoms with Gasteiger partial charge in [0.2, 0.25) is 0 Å². The second kappa shape index (κ2) is 6.60.